The molecular weight excluding hydrogens is 491 g/mol. The van der Waals surface area contributed by atoms with Crippen LogP contribution in [-0.2, 0) is 18.1 Å². The summed E-state index contributed by atoms with van der Waals surface area (Å²) in [6.07, 6.45) is 1.63. The van der Waals surface area contributed by atoms with Gasteiger partial charge >= 0.3 is 0 Å². The van der Waals surface area contributed by atoms with Crippen molar-refractivity contribution in [3.05, 3.63) is 92.6 Å². The third-order valence-electron chi connectivity index (χ3n) is 4.19. The monoisotopic (exact) mass is 512 g/mol. The van der Waals surface area contributed by atoms with Crippen molar-refractivity contribution >= 4 is 28.8 Å². The summed E-state index contributed by atoms with van der Waals surface area (Å²) in [5.41, 5.74) is 3.31. The van der Waals surface area contributed by atoms with Crippen LogP contribution in [0.25, 0.3) is 0 Å². The van der Waals surface area contributed by atoms with Crippen LogP contribution in [-0.4, -0.2) is 12.8 Å². The Hall–Kier alpha value is -3.05. The quantitative estimate of drug-likeness (QED) is 0.210. The lowest BCUT2D eigenvalue weighted by Crippen LogP contribution is -2.02. The van der Waals surface area contributed by atoms with Crippen molar-refractivity contribution in [1.82, 2.24) is 0 Å². The topological polar surface area (TPSA) is 63.8 Å². The molecule has 0 aliphatic carbocycles. The highest BCUT2D eigenvalue weighted by Gasteiger charge is 2.12. The molecule has 0 aliphatic rings. The number of ether oxygens (including phenoxy) is 2. The van der Waals surface area contributed by atoms with E-state index < -0.39 is 0 Å². The van der Waals surface area contributed by atoms with Gasteiger partial charge in [0.15, 0.2) is 11.5 Å². The lowest BCUT2D eigenvalue weighted by molar-refractivity contribution is 0.132. The Balaban J connectivity index is 1.69. The summed E-state index contributed by atoms with van der Waals surface area (Å²) in [6.45, 7) is 3.16. The highest BCUT2D eigenvalue weighted by Crippen LogP contribution is 2.34. The fraction of sp³-hybridized carbons (Fsp3) is 0.167. The molecule has 3 rings (SSSR count). The predicted octanol–water partition coefficient (Wildman–Crippen LogP) is 5.69. The number of hydrogen-bond donors (Lipinski definition) is 0. The van der Waals surface area contributed by atoms with E-state index in [0.29, 0.717) is 30.3 Å². The number of hydrogen-bond acceptors (Lipinski definition) is 5. The molecule has 0 aromatic heterocycles. The van der Waals surface area contributed by atoms with Crippen LogP contribution in [0.1, 0.15) is 29.2 Å². The van der Waals surface area contributed by atoms with Gasteiger partial charge in [-0.25, -0.2) is 0 Å². The fourth-order valence-corrected chi connectivity index (χ4v) is 3.54. The van der Waals surface area contributed by atoms with Gasteiger partial charge in [-0.2, -0.15) is 5.26 Å². The van der Waals surface area contributed by atoms with Crippen molar-refractivity contribution in [2.75, 3.05) is 6.61 Å². The van der Waals surface area contributed by atoms with Gasteiger partial charge in [0, 0.05) is 11.1 Å². The first kappa shape index (κ1) is 21.7. The van der Waals surface area contributed by atoms with Gasteiger partial charge in [-0.05, 0) is 53.3 Å². The minimum atomic E-state index is 0.230. The third kappa shape index (κ3) is 5.97. The molecule has 0 bridgehead atoms. The van der Waals surface area contributed by atoms with E-state index in [0.717, 1.165) is 20.3 Å². The third-order valence-corrected chi connectivity index (χ3v) is 4.99. The average Bonchev–Trinajstić information content (AvgIpc) is 2.77. The van der Waals surface area contributed by atoms with Gasteiger partial charge < -0.3 is 14.3 Å². The number of oxime groups is 1. The van der Waals surface area contributed by atoms with E-state index in [2.05, 4.69) is 33.8 Å². The molecule has 3 aromatic carbocycles. The lowest BCUT2D eigenvalue weighted by atomic mass is 10.1. The highest BCUT2D eigenvalue weighted by molar-refractivity contribution is 14.1. The fourth-order valence-electron chi connectivity index (χ4n) is 2.76. The highest BCUT2D eigenvalue weighted by atomic mass is 127. The summed E-state index contributed by atoms with van der Waals surface area (Å²) >= 11 is 2.23. The van der Waals surface area contributed by atoms with Crippen molar-refractivity contribution in [1.29, 1.82) is 5.26 Å². The van der Waals surface area contributed by atoms with Gasteiger partial charge in [-0.1, -0.05) is 53.7 Å². The van der Waals surface area contributed by atoms with E-state index >= 15 is 0 Å². The van der Waals surface area contributed by atoms with Gasteiger partial charge in [-0.15, -0.1) is 0 Å². The van der Waals surface area contributed by atoms with Gasteiger partial charge in [0.05, 0.1) is 28.0 Å². The summed E-state index contributed by atoms with van der Waals surface area (Å²) in [4.78, 5) is 5.39. The van der Waals surface area contributed by atoms with Crippen LogP contribution >= 0.6 is 22.6 Å². The van der Waals surface area contributed by atoms with Gasteiger partial charge in [0.25, 0.3) is 0 Å². The largest absolute Gasteiger partial charge is 0.490 e. The standard InChI is InChI=1S/C24H21IN2O3/c1-2-28-23-13-19(15-27-30-17-21-11-7-6-10-20(21)14-26)12-22(25)24(23)29-16-18-8-4-3-5-9-18/h3-13,15H,2,16-17H2,1H3/b27-15-. The molecule has 0 unspecified atom stereocenters. The molecule has 6 heteroatoms. The molecule has 0 spiro atoms. The van der Waals surface area contributed by atoms with Gasteiger partial charge in [0.2, 0.25) is 0 Å². The Bertz CT molecular complexity index is 1050. The number of rotatable bonds is 9. The maximum Gasteiger partial charge on any atom is 0.175 e. The lowest BCUT2D eigenvalue weighted by Gasteiger charge is -2.14. The zero-order chi connectivity index (χ0) is 21.2. The number of halogens is 1. The molecule has 152 valence electrons. The molecule has 0 saturated heterocycles. The van der Waals surface area contributed by atoms with Crippen LogP contribution in [0, 0.1) is 14.9 Å². The van der Waals surface area contributed by atoms with Crippen molar-refractivity contribution in [3.63, 3.8) is 0 Å². The van der Waals surface area contributed by atoms with Gasteiger partial charge in [0.1, 0.15) is 13.2 Å². The van der Waals surface area contributed by atoms with E-state index in [9.17, 15) is 0 Å². The zero-order valence-corrected chi connectivity index (χ0v) is 18.7. The van der Waals surface area contributed by atoms with Crippen molar-refractivity contribution in [2.24, 2.45) is 5.16 Å². The maximum atomic E-state index is 9.14. The molecular formula is C24H21IN2O3. The summed E-state index contributed by atoms with van der Waals surface area (Å²) in [7, 11) is 0. The van der Waals surface area contributed by atoms with Crippen LogP contribution in [0.3, 0.4) is 0 Å². The Morgan fingerprint density at radius 1 is 1.00 bits per heavy atom. The van der Waals surface area contributed by atoms with E-state index in [1.165, 1.54) is 0 Å². The molecule has 0 N–H and O–H groups in total. The average molecular weight is 512 g/mol. The van der Waals surface area contributed by atoms with Crippen LogP contribution in [0.15, 0.2) is 71.9 Å². The molecule has 0 heterocycles. The Kier molecular flexibility index (Phi) is 8.10. The molecule has 3 aromatic rings. The molecule has 0 fully saturated rings. The van der Waals surface area contributed by atoms with E-state index in [1.807, 2.05) is 67.6 Å². The second-order valence-corrected chi connectivity index (χ2v) is 7.48. The van der Waals surface area contributed by atoms with Crippen molar-refractivity contribution < 1.29 is 14.3 Å². The molecule has 30 heavy (non-hydrogen) atoms. The molecule has 0 saturated carbocycles. The minimum absolute atomic E-state index is 0.230. The molecule has 5 nitrogen and oxygen atoms in total. The summed E-state index contributed by atoms with van der Waals surface area (Å²) < 4.78 is 12.7. The second kappa shape index (κ2) is 11.2. The van der Waals surface area contributed by atoms with Gasteiger partial charge in [-0.3, -0.25) is 0 Å². The Morgan fingerprint density at radius 3 is 2.53 bits per heavy atom. The maximum absolute atomic E-state index is 9.14. The minimum Gasteiger partial charge on any atom is -0.490 e. The van der Waals surface area contributed by atoms with Crippen LogP contribution in [0.4, 0.5) is 0 Å². The van der Waals surface area contributed by atoms with Crippen molar-refractivity contribution in [2.45, 2.75) is 20.1 Å². The second-order valence-electron chi connectivity index (χ2n) is 6.31. The smallest absolute Gasteiger partial charge is 0.175 e. The first-order chi connectivity index (χ1) is 14.7. The van der Waals surface area contributed by atoms with E-state index in [-0.39, 0.29) is 6.61 Å². The summed E-state index contributed by atoms with van der Waals surface area (Å²) in [6, 6.07) is 23.3. The first-order valence-electron chi connectivity index (χ1n) is 9.47. The van der Waals surface area contributed by atoms with E-state index in [1.54, 1.807) is 12.3 Å². The molecule has 0 aliphatic heterocycles. The first-order valence-corrected chi connectivity index (χ1v) is 10.6. The predicted molar refractivity (Wildman–Crippen MR) is 125 cm³/mol. The van der Waals surface area contributed by atoms with Crippen LogP contribution in [0.2, 0.25) is 0 Å². The summed E-state index contributed by atoms with van der Waals surface area (Å²) in [5, 5.41) is 13.2. The van der Waals surface area contributed by atoms with E-state index in [4.69, 9.17) is 19.6 Å². The Labute approximate surface area is 190 Å². The number of benzene rings is 3. The normalized spacial score (nSPS) is 10.6. The molecule has 0 radical (unpaired) electrons. The van der Waals surface area contributed by atoms with Crippen molar-refractivity contribution in [3.8, 4) is 17.6 Å². The van der Waals surface area contributed by atoms with Crippen LogP contribution < -0.4 is 9.47 Å². The molecule has 0 atom stereocenters. The van der Waals surface area contributed by atoms with Crippen LogP contribution in [0.5, 0.6) is 11.5 Å². The Morgan fingerprint density at radius 2 is 1.77 bits per heavy atom. The summed E-state index contributed by atoms with van der Waals surface area (Å²) in [5.74, 6) is 1.37. The zero-order valence-electron chi connectivity index (χ0n) is 16.5. The SMILES string of the molecule is CCOc1cc(/C=N\OCc2ccccc2C#N)cc(I)c1OCc1ccccc1. The number of nitriles is 1. The molecule has 0 amide bonds. The number of nitrogens with zero attached hydrogens (tertiary/aromatic N) is 2.